The van der Waals surface area contributed by atoms with E-state index < -0.39 is 11.7 Å². The van der Waals surface area contributed by atoms with Gasteiger partial charge in [0.15, 0.2) is 16.8 Å². The van der Waals surface area contributed by atoms with Crippen molar-refractivity contribution in [2.24, 2.45) is 0 Å². The van der Waals surface area contributed by atoms with Crippen molar-refractivity contribution < 1.29 is 43.9 Å². The van der Waals surface area contributed by atoms with Crippen molar-refractivity contribution in [3.63, 3.8) is 0 Å². The van der Waals surface area contributed by atoms with Crippen molar-refractivity contribution in [2.75, 3.05) is 0 Å². The number of fused-ring (bicyclic) bond motifs is 2. The van der Waals surface area contributed by atoms with Gasteiger partial charge in [0.05, 0.1) is 9.86 Å². The molecule has 0 atom stereocenters. The largest absolute Gasteiger partial charge is 1.00 e. The maximum Gasteiger partial charge on any atom is 1.00 e. The summed E-state index contributed by atoms with van der Waals surface area (Å²) in [5.41, 5.74) is 2.19. The van der Waals surface area contributed by atoms with Crippen LogP contribution in [0.5, 0.6) is 0 Å². The standard InChI is InChI=1S/C14H11BrO4.Na/c15-12-8-4-2-1-3-7(8)5-9-10(16)6-11(14(17)18)19-13(9)12;/h5-6H,1-4H2,(H,17,18);/q;+1/p-1. The third-order valence-electron chi connectivity index (χ3n) is 3.48. The second kappa shape index (κ2) is 6.02. The van der Waals surface area contributed by atoms with Crippen molar-refractivity contribution >= 4 is 32.9 Å². The zero-order valence-electron chi connectivity index (χ0n) is 11.0. The van der Waals surface area contributed by atoms with E-state index in [2.05, 4.69) is 15.9 Å². The van der Waals surface area contributed by atoms with Crippen LogP contribution in [0.25, 0.3) is 11.0 Å². The first-order valence-corrected chi connectivity index (χ1v) is 6.86. The predicted molar refractivity (Wildman–Crippen MR) is 71.2 cm³/mol. The van der Waals surface area contributed by atoms with Crippen LogP contribution >= 0.6 is 15.9 Å². The van der Waals surface area contributed by atoms with E-state index in [1.165, 1.54) is 0 Å². The molecule has 6 heteroatoms. The van der Waals surface area contributed by atoms with E-state index in [0.717, 1.165) is 42.9 Å². The Morgan fingerprint density at radius 2 is 1.95 bits per heavy atom. The number of aromatic carboxylic acids is 1. The average molecular weight is 345 g/mol. The zero-order chi connectivity index (χ0) is 13.6. The Kier molecular flexibility index (Phi) is 4.74. The maximum atomic E-state index is 12.0. The average Bonchev–Trinajstić information content (AvgIpc) is 2.40. The first-order chi connectivity index (χ1) is 9.08. The molecule has 20 heavy (non-hydrogen) atoms. The zero-order valence-corrected chi connectivity index (χ0v) is 14.6. The van der Waals surface area contributed by atoms with Gasteiger partial charge >= 0.3 is 29.6 Å². The van der Waals surface area contributed by atoms with Crippen LogP contribution in [0.2, 0.25) is 0 Å². The van der Waals surface area contributed by atoms with E-state index in [9.17, 15) is 14.7 Å². The number of halogens is 1. The second-order valence-electron chi connectivity index (χ2n) is 4.67. The SMILES string of the molecule is O=C([O-])c1cc(=O)c2cc3c(c(Br)c2o1)CCCC3.[Na+]. The molecule has 0 spiro atoms. The van der Waals surface area contributed by atoms with Crippen molar-refractivity contribution in [2.45, 2.75) is 25.7 Å². The Labute approximate surface area is 145 Å². The van der Waals surface area contributed by atoms with Crippen LogP contribution in [0.3, 0.4) is 0 Å². The Balaban J connectivity index is 0.00000147. The van der Waals surface area contributed by atoms with Gasteiger partial charge in [0, 0.05) is 6.07 Å². The Morgan fingerprint density at radius 1 is 1.25 bits per heavy atom. The summed E-state index contributed by atoms with van der Waals surface area (Å²) in [4.78, 5) is 22.8. The molecule has 0 amide bonds. The monoisotopic (exact) mass is 344 g/mol. The van der Waals surface area contributed by atoms with Crippen molar-refractivity contribution in [1.29, 1.82) is 0 Å². The number of hydrogen-bond donors (Lipinski definition) is 0. The predicted octanol–water partition coefficient (Wildman–Crippen LogP) is -1.20. The Hall–Kier alpha value is -0.620. The summed E-state index contributed by atoms with van der Waals surface area (Å²) in [6.45, 7) is 0. The molecule has 0 saturated carbocycles. The Morgan fingerprint density at radius 3 is 2.65 bits per heavy atom. The van der Waals surface area contributed by atoms with Gasteiger partial charge in [0.1, 0.15) is 5.97 Å². The number of carbonyl (C=O) groups excluding carboxylic acids is 1. The van der Waals surface area contributed by atoms with Gasteiger partial charge in [0.2, 0.25) is 0 Å². The van der Waals surface area contributed by atoms with Gasteiger partial charge in [-0.1, -0.05) is 0 Å². The maximum absolute atomic E-state index is 12.0. The number of carboxylic acid groups (broad SMARTS) is 1. The molecule has 98 valence electrons. The fourth-order valence-electron chi connectivity index (χ4n) is 2.55. The van der Waals surface area contributed by atoms with E-state index >= 15 is 0 Å². The van der Waals surface area contributed by atoms with Crippen LogP contribution in [0.1, 0.15) is 34.5 Å². The normalized spacial score (nSPS) is 13.7. The van der Waals surface area contributed by atoms with E-state index in [4.69, 9.17) is 4.42 Å². The fraction of sp³-hybridized carbons (Fsp3) is 0.286. The van der Waals surface area contributed by atoms with Crippen LogP contribution in [0, 0.1) is 0 Å². The van der Waals surface area contributed by atoms with Gasteiger partial charge in [-0.3, -0.25) is 4.79 Å². The minimum Gasteiger partial charge on any atom is -0.542 e. The number of benzene rings is 1. The molecule has 1 aliphatic carbocycles. The molecule has 1 heterocycles. The smallest absolute Gasteiger partial charge is 0.542 e. The van der Waals surface area contributed by atoms with Crippen LogP contribution in [-0.2, 0) is 12.8 Å². The quantitative estimate of drug-likeness (QED) is 0.609. The molecule has 1 aliphatic rings. The molecule has 0 N–H and O–H groups in total. The molecule has 1 aromatic heterocycles. The third-order valence-corrected chi connectivity index (χ3v) is 4.32. The molecule has 1 aromatic carbocycles. The molecular formula is C14H10BrNaO4. The van der Waals surface area contributed by atoms with Crippen LogP contribution in [-0.4, -0.2) is 5.97 Å². The first kappa shape index (κ1) is 15.8. The van der Waals surface area contributed by atoms with E-state index in [0.29, 0.717) is 15.4 Å². The molecule has 0 aliphatic heterocycles. The van der Waals surface area contributed by atoms with Gasteiger partial charge in [0.25, 0.3) is 0 Å². The molecule has 3 rings (SSSR count). The van der Waals surface area contributed by atoms with Gasteiger partial charge in [-0.25, -0.2) is 0 Å². The second-order valence-corrected chi connectivity index (χ2v) is 5.47. The molecular weight excluding hydrogens is 335 g/mol. The van der Waals surface area contributed by atoms with Crippen molar-refractivity contribution in [3.05, 3.63) is 43.7 Å². The molecule has 0 radical (unpaired) electrons. The molecule has 2 aromatic rings. The summed E-state index contributed by atoms with van der Waals surface area (Å²) in [6.07, 6.45) is 4.03. The number of carbonyl (C=O) groups is 1. The van der Waals surface area contributed by atoms with Crippen LogP contribution in [0.15, 0.2) is 25.8 Å². The molecule has 0 bridgehead atoms. The topological polar surface area (TPSA) is 70.3 Å². The van der Waals surface area contributed by atoms with Crippen LogP contribution < -0.4 is 40.1 Å². The first-order valence-electron chi connectivity index (χ1n) is 6.07. The summed E-state index contributed by atoms with van der Waals surface area (Å²) in [6, 6.07) is 2.79. The molecule has 0 fully saturated rings. The van der Waals surface area contributed by atoms with E-state index in [1.807, 2.05) is 6.07 Å². The minimum absolute atomic E-state index is 0. The molecule has 4 nitrogen and oxygen atoms in total. The number of rotatable bonds is 1. The van der Waals surface area contributed by atoms with Crippen LogP contribution in [0.4, 0.5) is 0 Å². The van der Waals surface area contributed by atoms with Gasteiger partial charge in [-0.15, -0.1) is 0 Å². The number of carboxylic acids is 1. The van der Waals surface area contributed by atoms with E-state index in [-0.39, 0.29) is 35.0 Å². The fourth-order valence-corrected chi connectivity index (χ4v) is 3.30. The minimum atomic E-state index is -1.48. The summed E-state index contributed by atoms with van der Waals surface area (Å²) in [7, 11) is 0. The van der Waals surface area contributed by atoms with Gasteiger partial charge < -0.3 is 14.3 Å². The summed E-state index contributed by atoms with van der Waals surface area (Å²) in [5.74, 6) is -1.92. The summed E-state index contributed by atoms with van der Waals surface area (Å²) >= 11 is 3.44. The number of hydrogen-bond acceptors (Lipinski definition) is 4. The summed E-state index contributed by atoms with van der Waals surface area (Å²) in [5, 5.41) is 11.3. The van der Waals surface area contributed by atoms with Crippen molar-refractivity contribution in [3.8, 4) is 0 Å². The molecule has 0 saturated heterocycles. The third kappa shape index (κ3) is 2.60. The Bertz CT molecular complexity index is 751. The summed E-state index contributed by atoms with van der Waals surface area (Å²) < 4.78 is 5.99. The number of aryl methyl sites for hydroxylation is 1. The van der Waals surface area contributed by atoms with Crippen molar-refractivity contribution in [1.82, 2.24) is 0 Å². The van der Waals surface area contributed by atoms with E-state index in [1.54, 1.807) is 0 Å². The van der Waals surface area contributed by atoms with Gasteiger partial charge in [-0.05, 0) is 58.8 Å². The van der Waals surface area contributed by atoms with Gasteiger partial charge in [-0.2, -0.15) is 0 Å². The molecule has 0 unspecified atom stereocenters.